The number of benzene rings is 2. The molecule has 7 nitrogen and oxygen atoms in total. The number of amides is 2. The number of carbonyl (C=O) groups is 2. The summed E-state index contributed by atoms with van der Waals surface area (Å²) < 4.78 is 5.23. The standard InChI is InChI=1S/C24H19ClN4O3S/c25-16-9-7-15(8-10-16)14-33-24-28-19-6-2-1-5-18(19)22-27-20(23(31)29(22)24)12-21(30)26-13-17-4-3-11-32-17/h1-11,20H,12-14H2,(H,26,30)/t20-/m0/s1. The van der Waals surface area contributed by atoms with Crippen LogP contribution in [0.1, 0.15) is 23.3 Å². The summed E-state index contributed by atoms with van der Waals surface area (Å²) in [7, 11) is 0. The van der Waals surface area contributed by atoms with Crippen molar-refractivity contribution in [1.29, 1.82) is 0 Å². The maximum absolute atomic E-state index is 13.3. The second-order valence-corrected chi connectivity index (χ2v) is 8.91. The van der Waals surface area contributed by atoms with Gasteiger partial charge < -0.3 is 9.73 Å². The van der Waals surface area contributed by atoms with Crippen molar-refractivity contribution in [2.75, 3.05) is 0 Å². The Kier molecular flexibility index (Phi) is 6.02. The van der Waals surface area contributed by atoms with Crippen molar-refractivity contribution in [2.24, 2.45) is 9.98 Å². The molecule has 0 aliphatic carbocycles. The van der Waals surface area contributed by atoms with Crippen molar-refractivity contribution in [3.63, 3.8) is 0 Å². The lowest BCUT2D eigenvalue weighted by Crippen LogP contribution is -2.42. The molecular formula is C24H19ClN4O3S. The molecule has 0 spiro atoms. The number of fused-ring (bicyclic) bond motifs is 3. The minimum absolute atomic E-state index is 0.0448. The maximum atomic E-state index is 13.3. The Morgan fingerprint density at radius 2 is 1.94 bits per heavy atom. The summed E-state index contributed by atoms with van der Waals surface area (Å²) in [5, 5.41) is 3.99. The molecule has 33 heavy (non-hydrogen) atoms. The number of hydrogen-bond donors (Lipinski definition) is 1. The van der Waals surface area contributed by atoms with Crippen LogP contribution >= 0.6 is 23.4 Å². The Labute approximate surface area is 199 Å². The van der Waals surface area contributed by atoms with Gasteiger partial charge in [-0.15, -0.1) is 0 Å². The van der Waals surface area contributed by atoms with Crippen molar-refractivity contribution in [2.45, 2.75) is 24.8 Å². The molecule has 166 valence electrons. The summed E-state index contributed by atoms with van der Waals surface area (Å²) in [6, 6.07) is 17.9. The first-order valence-electron chi connectivity index (χ1n) is 10.3. The van der Waals surface area contributed by atoms with Gasteiger partial charge in [0.1, 0.15) is 17.6 Å². The molecule has 1 atom stereocenters. The number of halogens is 1. The first-order chi connectivity index (χ1) is 16.1. The molecule has 0 saturated carbocycles. The zero-order valence-corrected chi connectivity index (χ0v) is 19.0. The number of nitrogens with zero attached hydrogens (tertiary/aromatic N) is 3. The van der Waals surface area contributed by atoms with Crippen molar-refractivity contribution < 1.29 is 14.0 Å². The van der Waals surface area contributed by atoms with E-state index in [-0.39, 0.29) is 24.8 Å². The zero-order chi connectivity index (χ0) is 22.8. The number of rotatable bonds is 6. The van der Waals surface area contributed by atoms with Gasteiger partial charge in [-0.05, 0) is 42.0 Å². The van der Waals surface area contributed by atoms with Gasteiger partial charge in [-0.2, -0.15) is 0 Å². The number of amidine groups is 2. The Morgan fingerprint density at radius 1 is 1.12 bits per heavy atom. The molecule has 2 aliphatic heterocycles. The first kappa shape index (κ1) is 21.5. The van der Waals surface area contributed by atoms with E-state index in [0.717, 1.165) is 16.8 Å². The van der Waals surface area contributed by atoms with Gasteiger partial charge in [0.05, 0.1) is 24.9 Å². The molecule has 9 heteroatoms. The lowest BCUT2D eigenvalue weighted by Gasteiger charge is -2.25. The quantitative estimate of drug-likeness (QED) is 0.563. The van der Waals surface area contributed by atoms with E-state index in [1.807, 2.05) is 48.5 Å². The first-order valence-corrected chi connectivity index (χ1v) is 11.7. The maximum Gasteiger partial charge on any atom is 0.259 e. The molecule has 2 aliphatic rings. The molecule has 3 aromatic rings. The summed E-state index contributed by atoms with van der Waals surface area (Å²) in [5.74, 6) is 1.27. The fourth-order valence-electron chi connectivity index (χ4n) is 3.61. The second kappa shape index (κ2) is 9.25. The van der Waals surface area contributed by atoms with Crippen molar-refractivity contribution in [3.05, 3.63) is 88.8 Å². The van der Waals surface area contributed by atoms with Crippen LogP contribution in [0.25, 0.3) is 0 Å². The van der Waals surface area contributed by atoms with Crippen LogP contribution in [-0.4, -0.2) is 33.8 Å². The van der Waals surface area contributed by atoms with Crippen molar-refractivity contribution in [1.82, 2.24) is 10.2 Å². The van der Waals surface area contributed by atoms with Gasteiger partial charge in [-0.1, -0.05) is 47.6 Å². The van der Waals surface area contributed by atoms with Crippen LogP contribution in [0, 0.1) is 0 Å². The Hall–Kier alpha value is -3.36. The van der Waals surface area contributed by atoms with Gasteiger partial charge in [0.15, 0.2) is 5.17 Å². The average molecular weight is 479 g/mol. The molecule has 0 bridgehead atoms. The molecule has 2 amide bonds. The summed E-state index contributed by atoms with van der Waals surface area (Å²) in [6.07, 6.45) is 1.50. The van der Waals surface area contributed by atoms with E-state index >= 15 is 0 Å². The number of para-hydroxylation sites is 1. The molecule has 2 aromatic carbocycles. The minimum Gasteiger partial charge on any atom is -0.467 e. The monoisotopic (exact) mass is 478 g/mol. The average Bonchev–Trinajstić information content (AvgIpc) is 3.46. The highest BCUT2D eigenvalue weighted by molar-refractivity contribution is 8.13. The van der Waals surface area contributed by atoms with Crippen LogP contribution in [0.5, 0.6) is 0 Å². The van der Waals surface area contributed by atoms with Gasteiger partial charge in [0, 0.05) is 16.3 Å². The van der Waals surface area contributed by atoms with E-state index in [2.05, 4.69) is 10.3 Å². The Morgan fingerprint density at radius 3 is 2.73 bits per heavy atom. The highest BCUT2D eigenvalue weighted by Crippen LogP contribution is 2.35. The molecule has 0 radical (unpaired) electrons. The van der Waals surface area contributed by atoms with E-state index < -0.39 is 6.04 Å². The third-order valence-electron chi connectivity index (χ3n) is 5.25. The lowest BCUT2D eigenvalue weighted by atomic mass is 10.1. The third kappa shape index (κ3) is 4.58. The van der Waals surface area contributed by atoms with E-state index in [1.54, 1.807) is 18.4 Å². The zero-order valence-electron chi connectivity index (χ0n) is 17.4. The van der Waals surface area contributed by atoms with Crippen LogP contribution in [0.3, 0.4) is 0 Å². The molecule has 0 fully saturated rings. The number of hydrogen-bond acceptors (Lipinski definition) is 6. The predicted molar refractivity (Wildman–Crippen MR) is 129 cm³/mol. The SMILES string of the molecule is O=C(C[C@@H]1N=C2c3ccccc3N=C(SCc3ccc(Cl)cc3)N2C1=O)NCc1ccco1. The van der Waals surface area contributed by atoms with Gasteiger partial charge in [-0.25, -0.2) is 9.89 Å². The van der Waals surface area contributed by atoms with Crippen molar-refractivity contribution >= 4 is 51.9 Å². The van der Waals surface area contributed by atoms with Crippen LogP contribution in [0.4, 0.5) is 5.69 Å². The molecular weight excluding hydrogens is 460 g/mol. The van der Waals surface area contributed by atoms with E-state index in [4.69, 9.17) is 21.0 Å². The third-order valence-corrected chi connectivity index (χ3v) is 6.51. The van der Waals surface area contributed by atoms with Gasteiger partial charge in [0.25, 0.3) is 5.91 Å². The minimum atomic E-state index is -0.802. The van der Waals surface area contributed by atoms with Gasteiger partial charge in [0.2, 0.25) is 5.91 Å². The smallest absolute Gasteiger partial charge is 0.259 e. The molecule has 5 rings (SSSR count). The van der Waals surface area contributed by atoms with E-state index in [9.17, 15) is 9.59 Å². The predicted octanol–water partition coefficient (Wildman–Crippen LogP) is 4.53. The van der Waals surface area contributed by atoms with Crippen LogP contribution in [0.2, 0.25) is 5.02 Å². The van der Waals surface area contributed by atoms with E-state index in [0.29, 0.717) is 27.5 Å². The van der Waals surface area contributed by atoms with Crippen LogP contribution in [-0.2, 0) is 21.9 Å². The number of nitrogens with one attached hydrogen (secondary N) is 1. The second-order valence-electron chi connectivity index (χ2n) is 7.53. The molecule has 0 saturated heterocycles. The molecule has 1 aromatic heterocycles. The van der Waals surface area contributed by atoms with Crippen LogP contribution < -0.4 is 5.32 Å². The number of furan rings is 1. The molecule has 1 N–H and O–H groups in total. The molecule has 3 heterocycles. The van der Waals surface area contributed by atoms with Crippen molar-refractivity contribution in [3.8, 4) is 0 Å². The molecule has 0 unspecified atom stereocenters. The summed E-state index contributed by atoms with van der Waals surface area (Å²) in [4.78, 5) is 36.6. The number of thioether (sulfide) groups is 1. The van der Waals surface area contributed by atoms with Crippen LogP contribution in [0.15, 0.2) is 81.3 Å². The lowest BCUT2D eigenvalue weighted by molar-refractivity contribution is -0.128. The summed E-state index contributed by atoms with van der Waals surface area (Å²) in [5.41, 5.74) is 2.59. The largest absolute Gasteiger partial charge is 0.467 e. The topological polar surface area (TPSA) is 87.3 Å². The summed E-state index contributed by atoms with van der Waals surface area (Å²) >= 11 is 7.43. The van der Waals surface area contributed by atoms with E-state index in [1.165, 1.54) is 16.7 Å². The normalized spacial score (nSPS) is 16.7. The number of carbonyl (C=O) groups excluding carboxylic acids is 2. The Bertz CT molecular complexity index is 1250. The number of aliphatic imine (C=N–C) groups is 2. The Balaban J connectivity index is 1.34. The summed E-state index contributed by atoms with van der Waals surface area (Å²) in [6.45, 7) is 0.263. The van der Waals surface area contributed by atoms with Gasteiger partial charge >= 0.3 is 0 Å². The van der Waals surface area contributed by atoms with Gasteiger partial charge in [-0.3, -0.25) is 14.6 Å². The highest BCUT2D eigenvalue weighted by Gasteiger charge is 2.42. The highest BCUT2D eigenvalue weighted by atomic mass is 35.5. The fourth-order valence-corrected chi connectivity index (χ4v) is 4.69. The fraction of sp³-hybridized carbons (Fsp3) is 0.167.